The van der Waals surface area contributed by atoms with Crippen LogP contribution < -0.4 is 20.7 Å². The molecule has 3 aromatic carbocycles. The number of benzene rings is 3. The van der Waals surface area contributed by atoms with E-state index >= 15 is 0 Å². The predicted molar refractivity (Wildman–Crippen MR) is 119 cm³/mol. The molecule has 0 saturated heterocycles. The predicted octanol–water partition coefficient (Wildman–Crippen LogP) is 5.51. The molecule has 3 N–H and O–H groups in total. The summed E-state index contributed by atoms with van der Waals surface area (Å²) in [6, 6.07) is 19.4. The van der Waals surface area contributed by atoms with Crippen molar-refractivity contribution in [1.29, 1.82) is 0 Å². The van der Waals surface area contributed by atoms with E-state index in [1.165, 1.54) is 12.1 Å². The van der Waals surface area contributed by atoms with Crippen LogP contribution in [-0.4, -0.2) is 24.7 Å². The first kappa shape index (κ1) is 23.6. The Morgan fingerprint density at radius 3 is 2.39 bits per heavy atom. The summed E-state index contributed by atoms with van der Waals surface area (Å²) in [6.07, 6.45) is -4.43. The number of hydrogen-bond acceptors (Lipinski definition) is 3. The second-order valence-corrected chi connectivity index (χ2v) is 7.21. The second-order valence-electron chi connectivity index (χ2n) is 7.21. The van der Waals surface area contributed by atoms with E-state index in [9.17, 15) is 22.8 Å². The molecule has 0 aliphatic carbocycles. The fraction of sp³-hybridized carbons (Fsp3) is 0.167. The Labute approximate surface area is 188 Å². The molecule has 172 valence electrons. The number of carbonyl (C=O) groups excluding carboxylic acids is 2. The molecule has 0 fully saturated rings. The highest BCUT2D eigenvalue weighted by molar-refractivity contribution is 6.05. The van der Waals surface area contributed by atoms with Gasteiger partial charge in [-0.3, -0.25) is 4.79 Å². The summed E-state index contributed by atoms with van der Waals surface area (Å²) in [6.45, 7) is 0.468. The highest BCUT2D eigenvalue weighted by Crippen LogP contribution is 2.20. The molecule has 0 aliphatic rings. The Kier molecular flexibility index (Phi) is 7.55. The van der Waals surface area contributed by atoms with Crippen LogP contribution in [0.5, 0.6) is 5.75 Å². The Hall–Kier alpha value is -4.01. The van der Waals surface area contributed by atoms with Gasteiger partial charge in [0, 0.05) is 23.5 Å². The molecule has 3 rings (SSSR count). The zero-order valence-electron chi connectivity index (χ0n) is 17.7. The molecule has 6 nitrogen and oxygen atoms in total. The number of alkyl halides is 3. The summed E-state index contributed by atoms with van der Waals surface area (Å²) < 4.78 is 41.6. The smallest absolute Gasteiger partial charge is 0.422 e. The van der Waals surface area contributed by atoms with Crippen LogP contribution in [0.25, 0.3) is 0 Å². The summed E-state index contributed by atoms with van der Waals surface area (Å²) in [5, 5.41) is 8.10. The van der Waals surface area contributed by atoms with Gasteiger partial charge in [-0.05, 0) is 54.4 Å². The lowest BCUT2D eigenvalue weighted by atomic mass is 10.1. The SMILES string of the molecule is Cc1ccc(C(=O)Nc2ccccc2)cc1NC(=O)NCc1cccc(OCC(F)(F)F)c1. The third-order valence-electron chi connectivity index (χ3n) is 4.53. The Balaban J connectivity index is 1.58. The fourth-order valence-corrected chi connectivity index (χ4v) is 2.88. The van der Waals surface area contributed by atoms with Crippen molar-refractivity contribution in [3.05, 3.63) is 89.5 Å². The van der Waals surface area contributed by atoms with E-state index in [0.29, 0.717) is 22.5 Å². The van der Waals surface area contributed by atoms with E-state index in [0.717, 1.165) is 5.56 Å². The topological polar surface area (TPSA) is 79.5 Å². The molecule has 0 unspecified atom stereocenters. The molecular weight excluding hydrogens is 435 g/mol. The number of anilines is 2. The van der Waals surface area contributed by atoms with Gasteiger partial charge in [0.2, 0.25) is 0 Å². The van der Waals surface area contributed by atoms with Gasteiger partial charge in [0.25, 0.3) is 5.91 Å². The lowest BCUT2D eigenvalue weighted by Crippen LogP contribution is -2.28. The third-order valence-corrected chi connectivity index (χ3v) is 4.53. The molecule has 0 aromatic heterocycles. The van der Waals surface area contributed by atoms with Gasteiger partial charge < -0.3 is 20.7 Å². The monoisotopic (exact) mass is 457 g/mol. The second kappa shape index (κ2) is 10.5. The quantitative estimate of drug-likeness (QED) is 0.438. The first-order valence-electron chi connectivity index (χ1n) is 10.00. The third kappa shape index (κ3) is 7.57. The molecule has 0 radical (unpaired) electrons. The number of urea groups is 1. The Morgan fingerprint density at radius 1 is 0.909 bits per heavy atom. The van der Waals surface area contributed by atoms with Gasteiger partial charge in [0.15, 0.2) is 6.61 Å². The van der Waals surface area contributed by atoms with E-state index in [-0.39, 0.29) is 18.2 Å². The number of carbonyl (C=O) groups is 2. The maximum absolute atomic E-state index is 12.5. The molecule has 0 bridgehead atoms. The zero-order valence-corrected chi connectivity index (χ0v) is 17.7. The number of hydrogen-bond donors (Lipinski definition) is 3. The molecule has 0 spiro atoms. The number of nitrogens with one attached hydrogen (secondary N) is 3. The molecule has 0 saturated carbocycles. The molecule has 33 heavy (non-hydrogen) atoms. The van der Waals surface area contributed by atoms with Crippen molar-refractivity contribution in [3.63, 3.8) is 0 Å². The van der Waals surface area contributed by atoms with E-state index in [2.05, 4.69) is 16.0 Å². The highest BCUT2D eigenvalue weighted by atomic mass is 19.4. The van der Waals surface area contributed by atoms with Crippen molar-refractivity contribution in [2.75, 3.05) is 17.2 Å². The van der Waals surface area contributed by atoms with Crippen molar-refractivity contribution < 1.29 is 27.5 Å². The summed E-state index contributed by atoms with van der Waals surface area (Å²) in [5.41, 5.74) is 2.79. The first-order valence-corrected chi connectivity index (χ1v) is 10.00. The van der Waals surface area contributed by atoms with Crippen LogP contribution in [0.1, 0.15) is 21.5 Å². The summed E-state index contributed by atoms with van der Waals surface area (Å²) in [4.78, 5) is 24.8. The Morgan fingerprint density at radius 2 is 1.67 bits per heavy atom. The summed E-state index contributed by atoms with van der Waals surface area (Å²) >= 11 is 0. The van der Waals surface area contributed by atoms with E-state index in [4.69, 9.17) is 4.74 Å². The number of aryl methyl sites for hydroxylation is 1. The normalized spacial score (nSPS) is 10.9. The molecule has 0 heterocycles. The van der Waals surface area contributed by atoms with Crippen molar-refractivity contribution >= 4 is 23.3 Å². The number of ether oxygens (including phenoxy) is 1. The highest BCUT2D eigenvalue weighted by Gasteiger charge is 2.28. The molecule has 0 atom stereocenters. The van der Waals surface area contributed by atoms with Crippen molar-refractivity contribution in [1.82, 2.24) is 5.32 Å². The zero-order chi connectivity index (χ0) is 23.8. The minimum Gasteiger partial charge on any atom is -0.484 e. The van der Waals surface area contributed by atoms with E-state index in [1.807, 2.05) is 6.07 Å². The molecular formula is C24H22F3N3O3. The maximum Gasteiger partial charge on any atom is 0.422 e. The molecule has 0 aliphatic heterocycles. The first-order chi connectivity index (χ1) is 15.7. The number of para-hydroxylation sites is 1. The van der Waals surface area contributed by atoms with E-state index in [1.54, 1.807) is 61.5 Å². The van der Waals surface area contributed by atoms with Crippen molar-refractivity contribution in [3.8, 4) is 5.75 Å². The van der Waals surface area contributed by atoms with Crippen LogP contribution in [0.15, 0.2) is 72.8 Å². The van der Waals surface area contributed by atoms with Crippen LogP contribution in [0, 0.1) is 6.92 Å². The fourth-order valence-electron chi connectivity index (χ4n) is 2.88. The lowest BCUT2D eigenvalue weighted by molar-refractivity contribution is -0.153. The van der Waals surface area contributed by atoms with E-state index < -0.39 is 18.8 Å². The largest absolute Gasteiger partial charge is 0.484 e. The molecule has 9 heteroatoms. The van der Waals surface area contributed by atoms with Gasteiger partial charge in [0.05, 0.1) is 0 Å². The maximum atomic E-state index is 12.5. The standard InChI is InChI=1S/C24H22F3N3O3/c1-16-10-11-18(22(31)29-19-7-3-2-4-8-19)13-21(16)30-23(32)28-14-17-6-5-9-20(12-17)33-15-24(25,26)27/h2-13H,14-15H2,1H3,(H,29,31)(H2,28,30,32). The van der Waals surface area contributed by atoms with Crippen LogP contribution in [0.4, 0.5) is 29.3 Å². The van der Waals surface area contributed by atoms with Gasteiger partial charge in [0.1, 0.15) is 5.75 Å². The summed E-state index contributed by atoms with van der Waals surface area (Å²) in [5.74, 6) is -0.264. The van der Waals surface area contributed by atoms with Gasteiger partial charge in [-0.1, -0.05) is 36.4 Å². The van der Waals surface area contributed by atoms with Gasteiger partial charge in [-0.15, -0.1) is 0 Å². The molecule has 3 aromatic rings. The lowest BCUT2D eigenvalue weighted by Gasteiger charge is -2.13. The van der Waals surface area contributed by atoms with Crippen LogP contribution in [0.2, 0.25) is 0 Å². The minimum atomic E-state index is -4.43. The van der Waals surface area contributed by atoms with Gasteiger partial charge in [-0.25, -0.2) is 4.79 Å². The van der Waals surface area contributed by atoms with Gasteiger partial charge in [-0.2, -0.15) is 13.2 Å². The average Bonchev–Trinajstić information content (AvgIpc) is 2.78. The van der Waals surface area contributed by atoms with Crippen LogP contribution in [-0.2, 0) is 6.54 Å². The molecule has 3 amide bonds. The van der Waals surface area contributed by atoms with Crippen LogP contribution in [0.3, 0.4) is 0 Å². The summed E-state index contributed by atoms with van der Waals surface area (Å²) in [7, 11) is 0. The van der Waals surface area contributed by atoms with Crippen molar-refractivity contribution in [2.24, 2.45) is 0 Å². The number of rotatable bonds is 7. The van der Waals surface area contributed by atoms with Crippen molar-refractivity contribution in [2.45, 2.75) is 19.6 Å². The number of amides is 3. The van der Waals surface area contributed by atoms with Crippen LogP contribution >= 0.6 is 0 Å². The average molecular weight is 457 g/mol. The Bertz CT molecular complexity index is 1120. The van der Waals surface area contributed by atoms with Gasteiger partial charge >= 0.3 is 12.2 Å². The number of halogens is 3. The minimum absolute atomic E-state index is 0.0556.